The monoisotopic (exact) mass is 589 g/mol. The number of benzene rings is 3. The van der Waals surface area contributed by atoms with Crippen molar-refractivity contribution in [1.29, 1.82) is 0 Å². The minimum Gasteiger partial charge on any atom is -0.478 e. The maximum absolute atomic E-state index is 14.1. The van der Waals surface area contributed by atoms with Crippen molar-refractivity contribution in [3.05, 3.63) is 107 Å². The number of aryl methyl sites for hydroxylation is 1. The fraction of sp³-hybridized carbons (Fsp3) is 0.194. The van der Waals surface area contributed by atoms with Gasteiger partial charge in [-0.15, -0.1) is 5.10 Å². The Bertz CT molecular complexity index is 1820. The number of aromatic carboxylic acids is 1. The van der Waals surface area contributed by atoms with Gasteiger partial charge in [-0.2, -0.15) is 13.2 Å². The van der Waals surface area contributed by atoms with Gasteiger partial charge in [0, 0.05) is 17.8 Å². The molecular weight excluding hydrogens is 563 g/mol. The third kappa shape index (κ3) is 6.17. The summed E-state index contributed by atoms with van der Waals surface area (Å²) in [6, 6.07) is 18.1. The van der Waals surface area contributed by atoms with Gasteiger partial charge in [0.25, 0.3) is 5.91 Å². The largest absolute Gasteiger partial charge is 0.478 e. The van der Waals surface area contributed by atoms with Crippen molar-refractivity contribution in [3.63, 3.8) is 0 Å². The van der Waals surface area contributed by atoms with Gasteiger partial charge in [0.05, 0.1) is 23.3 Å². The molecule has 0 unspecified atom stereocenters. The molecule has 0 aliphatic rings. The first-order chi connectivity index (χ1) is 20.4. The van der Waals surface area contributed by atoms with E-state index in [1.807, 2.05) is 6.92 Å². The number of hydrogen-bond acceptors (Lipinski definition) is 6. The first kappa shape index (κ1) is 29.2. The van der Waals surface area contributed by atoms with Gasteiger partial charge in [0.1, 0.15) is 16.8 Å². The summed E-state index contributed by atoms with van der Waals surface area (Å²) in [7, 11) is 0. The van der Waals surface area contributed by atoms with E-state index < -0.39 is 35.5 Å². The molecule has 220 valence electrons. The van der Waals surface area contributed by atoms with Crippen molar-refractivity contribution in [3.8, 4) is 11.6 Å². The van der Waals surface area contributed by atoms with E-state index in [0.29, 0.717) is 16.6 Å². The zero-order valence-corrected chi connectivity index (χ0v) is 23.3. The molecule has 43 heavy (non-hydrogen) atoms. The van der Waals surface area contributed by atoms with Gasteiger partial charge in [-0.25, -0.2) is 14.5 Å². The van der Waals surface area contributed by atoms with Crippen LogP contribution in [0.3, 0.4) is 0 Å². The Kier molecular flexibility index (Phi) is 7.85. The van der Waals surface area contributed by atoms with Crippen LogP contribution in [0.5, 0.6) is 11.6 Å². The second-order valence-corrected chi connectivity index (χ2v) is 10.2. The van der Waals surface area contributed by atoms with Gasteiger partial charge in [-0.05, 0) is 74.9 Å². The predicted octanol–water partition coefficient (Wildman–Crippen LogP) is 6.75. The molecule has 1 amide bonds. The molecular formula is C31H26F3N5O4. The fourth-order valence-corrected chi connectivity index (χ4v) is 4.60. The number of amides is 1. The first-order valence-corrected chi connectivity index (χ1v) is 13.2. The number of anilines is 1. The molecule has 9 nitrogen and oxygen atoms in total. The lowest BCUT2D eigenvalue weighted by atomic mass is 10.1. The summed E-state index contributed by atoms with van der Waals surface area (Å²) in [5, 5.41) is 18.0. The van der Waals surface area contributed by atoms with Crippen LogP contribution in [-0.4, -0.2) is 43.0 Å². The highest BCUT2D eigenvalue weighted by molar-refractivity contribution is 6.09. The second kappa shape index (κ2) is 11.6. The number of para-hydroxylation sites is 1. The van der Waals surface area contributed by atoms with E-state index in [2.05, 4.69) is 15.3 Å². The van der Waals surface area contributed by atoms with Gasteiger partial charge >= 0.3 is 12.1 Å². The lowest BCUT2D eigenvalue weighted by Gasteiger charge is -2.28. The molecule has 0 radical (unpaired) electrons. The quantitative estimate of drug-likeness (QED) is 0.213. The van der Waals surface area contributed by atoms with E-state index in [1.54, 1.807) is 62.4 Å². The molecule has 0 saturated heterocycles. The zero-order chi connectivity index (χ0) is 30.9. The maximum atomic E-state index is 14.1. The van der Waals surface area contributed by atoms with Crippen LogP contribution in [0.15, 0.2) is 79.0 Å². The molecule has 2 heterocycles. The standard InChI is InChI=1S/C31H26F3N5O4/c1-18(2)39(29(40)21-10-8-19(3)9-11-21)26-13-12-22(15-23(26)30(41)42)43-28-24(31(32,33)34)14-20(16-35-28)17-38-27-7-5-4-6-25(27)36-37-38/h4-16,18H,17H2,1-3H3,(H,41,42). The van der Waals surface area contributed by atoms with E-state index in [0.717, 1.165) is 17.7 Å². The minimum absolute atomic E-state index is 0.0191. The number of nitrogens with zero attached hydrogens (tertiary/aromatic N) is 5. The molecule has 5 rings (SSSR count). The number of carboxylic acids is 1. The van der Waals surface area contributed by atoms with Crippen LogP contribution in [-0.2, 0) is 12.7 Å². The highest BCUT2D eigenvalue weighted by Crippen LogP contribution is 2.38. The molecule has 0 aliphatic heterocycles. The Labute approximate surface area is 244 Å². The van der Waals surface area contributed by atoms with Gasteiger partial charge in [-0.1, -0.05) is 35.0 Å². The number of carboxylic acid groups (broad SMARTS) is 1. The molecule has 0 bridgehead atoms. The second-order valence-electron chi connectivity index (χ2n) is 10.2. The van der Waals surface area contributed by atoms with E-state index in [9.17, 15) is 27.9 Å². The Morgan fingerprint density at radius 3 is 2.42 bits per heavy atom. The smallest absolute Gasteiger partial charge is 0.421 e. The molecule has 0 saturated carbocycles. The SMILES string of the molecule is Cc1ccc(C(=O)N(c2ccc(Oc3ncc(Cn4nnc5ccccc54)cc3C(F)(F)F)cc2C(=O)O)C(C)C)cc1. The molecule has 0 aliphatic carbocycles. The first-order valence-electron chi connectivity index (χ1n) is 13.2. The summed E-state index contributed by atoms with van der Waals surface area (Å²) in [5.41, 5.74) is 1.36. The number of fused-ring (bicyclic) bond motifs is 1. The summed E-state index contributed by atoms with van der Waals surface area (Å²) in [6.45, 7) is 5.31. The molecule has 2 aromatic heterocycles. The van der Waals surface area contributed by atoms with Crippen LogP contribution in [0.4, 0.5) is 18.9 Å². The van der Waals surface area contributed by atoms with Crippen molar-refractivity contribution in [1.82, 2.24) is 20.0 Å². The number of pyridine rings is 1. The summed E-state index contributed by atoms with van der Waals surface area (Å²) in [5.74, 6) is -2.76. The van der Waals surface area contributed by atoms with Gasteiger partial charge < -0.3 is 14.7 Å². The molecule has 0 spiro atoms. The van der Waals surface area contributed by atoms with E-state index in [4.69, 9.17) is 4.74 Å². The number of halogens is 3. The topological polar surface area (TPSA) is 110 Å². The third-order valence-electron chi connectivity index (χ3n) is 6.67. The van der Waals surface area contributed by atoms with Crippen LogP contribution in [0, 0.1) is 6.92 Å². The molecule has 0 fully saturated rings. The Morgan fingerprint density at radius 2 is 1.74 bits per heavy atom. The van der Waals surface area contributed by atoms with Crippen LogP contribution < -0.4 is 9.64 Å². The van der Waals surface area contributed by atoms with Crippen LogP contribution in [0.2, 0.25) is 0 Å². The van der Waals surface area contributed by atoms with Crippen molar-refractivity contribution < 1.29 is 32.6 Å². The number of hydrogen-bond donors (Lipinski definition) is 1. The van der Waals surface area contributed by atoms with E-state index >= 15 is 0 Å². The predicted molar refractivity (Wildman–Crippen MR) is 152 cm³/mol. The molecule has 5 aromatic rings. The fourth-order valence-electron chi connectivity index (χ4n) is 4.60. The van der Waals surface area contributed by atoms with Gasteiger partial charge in [-0.3, -0.25) is 4.79 Å². The van der Waals surface area contributed by atoms with E-state index in [1.165, 1.54) is 27.9 Å². The van der Waals surface area contributed by atoms with E-state index in [-0.39, 0.29) is 29.1 Å². The highest BCUT2D eigenvalue weighted by Gasteiger charge is 2.36. The summed E-state index contributed by atoms with van der Waals surface area (Å²) in [4.78, 5) is 30.9. The van der Waals surface area contributed by atoms with Crippen molar-refractivity contribution >= 4 is 28.6 Å². The zero-order valence-electron chi connectivity index (χ0n) is 23.3. The Balaban J connectivity index is 1.47. The lowest BCUT2D eigenvalue weighted by Crippen LogP contribution is -2.38. The molecule has 12 heteroatoms. The number of alkyl halides is 3. The number of carbonyl (C=O) groups is 2. The lowest BCUT2D eigenvalue weighted by molar-refractivity contribution is -0.138. The third-order valence-corrected chi connectivity index (χ3v) is 6.67. The number of ether oxygens (including phenoxy) is 1. The van der Waals surface area contributed by atoms with Crippen molar-refractivity contribution in [2.75, 3.05) is 4.90 Å². The minimum atomic E-state index is -4.83. The summed E-state index contributed by atoms with van der Waals surface area (Å²) >= 11 is 0. The summed E-state index contributed by atoms with van der Waals surface area (Å²) < 4.78 is 49.3. The highest BCUT2D eigenvalue weighted by atomic mass is 19.4. The normalized spacial score (nSPS) is 11.6. The van der Waals surface area contributed by atoms with Crippen molar-refractivity contribution in [2.24, 2.45) is 0 Å². The van der Waals surface area contributed by atoms with Crippen molar-refractivity contribution in [2.45, 2.75) is 39.5 Å². The maximum Gasteiger partial charge on any atom is 0.421 e. The number of rotatable bonds is 8. The number of carbonyl (C=O) groups excluding carboxylic acids is 1. The number of aromatic nitrogens is 4. The van der Waals surface area contributed by atoms with Crippen LogP contribution >= 0.6 is 0 Å². The average Bonchev–Trinajstić information content (AvgIpc) is 3.36. The average molecular weight is 590 g/mol. The molecule has 3 aromatic carbocycles. The Morgan fingerprint density at radius 1 is 1.02 bits per heavy atom. The summed E-state index contributed by atoms with van der Waals surface area (Å²) in [6.07, 6.45) is -3.60. The Hall–Kier alpha value is -5.26. The van der Waals surface area contributed by atoms with Gasteiger partial charge in [0.2, 0.25) is 5.88 Å². The molecule has 0 atom stereocenters. The molecule has 1 N–H and O–H groups in total. The van der Waals surface area contributed by atoms with Crippen LogP contribution in [0.1, 0.15) is 51.3 Å². The van der Waals surface area contributed by atoms with Gasteiger partial charge in [0.15, 0.2) is 0 Å². The van der Waals surface area contributed by atoms with Crippen LogP contribution in [0.25, 0.3) is 11.0 Å².